The molecule has 2 aromatic carbocycles. The second-order valence-electron chi connectivity index (χ2n) is 6.01. The van der Waals surface area contributed by atoms with E-state index in [4.69, 9.17) is 19.7 Å². The Labute approximate surface area is 184 Å². The number of ether oxygens (including phenoxy) is 2. The van der Waals surface area contributed by atoms with Gasteiger partial charge in [-0.05, 0) is 36.8 Å². The van der Waals surface area contributed by atoms with Crippen LogP contribution in [0.25, 0.3) is 0 Å². The van der Waals surface area contributed by atoms with E-state index in [1.165, 1.54) is 0 Å². The summed E-state index contributed by atoms with van der Waals surface area (Å²) in [5.41, 5.74) is 2.75. The maximum Gasteiger partial charge on any atom is 0.194 e. The summed E-state index contributed by atoms with van der Waals surface area (Å²) < 4.78 is 10.7. The molecule has 0 saturated heterocycles. The molecular weight excluding hydrogens is 467 g/mol. The Hall–Kier alpha value is -2.47. The van der Waals surface area contributed by atoms with Crippen molar-refractivity contribution >= 4 is 29.9 Å². The molecule has 2 aromatic rings. The molecule has 0 radical (unpaired) electrons. The van der Waals surface area contributed by atoms with E-state index in [2.05, 4.69) is 16.3 Å². The molecule has 0 aliphatic heterocycles. The predicted molar refractivity (Wildman–Crippen MR) is 122 cm³/mol. The lowest BCUT2D eigenvalue weighted by Crippen LogP contribution is -2.38. The third-order valence-corrected chi connectivity index (χ3v) is 4.09. The molecule has 0 saturated carbocycles. The summed E-state index contributed by atoms with van der Waals surface area (Å²) in [5.74, 6) is 2.35. The van der Waals surface area contributed by atoms with Crippen LogP contribution >= 0.6 is 24.0 Å². The summed E-state index contributed by atoms with van der Waals surface area (Å²) in [7, 11) is 5.28. The Kier molecular flexibility index (Phi) is 10.2. The van der Waals surface area contributed by atoms with Crippen molar-refractivity contribution in [3.63, 3.8) is 0 Å². The average Bonchev–Trinajstić information content (AvgIpc) is 2.71. The van der Waals surface area contributed by atoms with Crippen LogP contribution in [0.4, 0.5) is 0 Å². The number of nitrogens with one attached hydrogen (secondary N) is 1. The zero-order chi connectivity index (χ0) is 19.6. The van der Waals surface area contributed by atoms with Crippen LogP contribution in [-0.2, 0) is 13.1 Å². The van der Waals surface area contributed by atoms with Crippen molar-refractivity contribution in [2.24, 2.45) is 4.99 Å². The van der Waals surface area contributed by atoms with E-state index in [-0.39, 0.29) is 24.0 Å². The highest BCUT2D eigenvalue weighted by atomic mass is 127. The van der Waals surface area contributed by atoms with Crippen molar-refractivity contribution in [3.05, 3.63) is 59.2 Å². The third kappa shape index (κ3) is 6.60. The molecule has 6 nitrogen and oxygen atoms in total. The fourth-order valence-electron chi connectivity index (χ4n) is 2.63. The summed E-state index contributed by atoms with van der Waals surface area (Å²) in [5, 5.41) is 12.2. The molecule has 0 atom stereocenters. The largest absolute Gasteiger partial charge is 0.497 e. The number of rotatable bonds is 7. The SMILES string of the molecule is CCNC(=NCc1ccc(C#N)cc1)N(C)Cc1ccc(OC)cc1OC.I. The Balaban J connectivity index is 0.00000392. The number of guanidine groups is 1. The predicted octanol–water partition coefficient (Wildman–Crippen LogP) is 3.79. The van der Waals surface area contributed by atoms with Crippen LogP contribution in [0, 0.1) is 11.3 Å². The van der Waals surface area contributed by atoms with Gasteiger partial charge in [0.2, 0.25) is 0 Å². The van der Waals surface area contributed by atoms with Gasteiger partial charge in [0.15, 0.2) is 5.96 Å². The Morgan fingerprint density at radius 2 is 1.86 bits per heavy atom. The van der Waals surface area contributed by atoms with E-state index in [0.717, 1.165) is 35.1 Å². The summed E-state index contributed by atoms with van der Waals surface area (Å²) >= 11 is 0. The van der Waals surface area contributed by atoms with Crippen molar-refractivity contribution < 1.29 is 9.47 Å². The summed E-state index contributed by atoms with van der Waals surface area (Å²) in [6.45, 7) is 4.00. The minimum absolute atomic E-state index is 0. The molecule has 0 aliphatic carbocycles. The first-order chi connectivity index (χ1) is 13.1. The van der Waals surface area contributed by atoms with Crippen LogP contribution in [-0.4, -0.2) is 38.7 Å². The zero-order valence-electron chi connectivity index (χ0n) is 16.7. The molecular formula is C21H27IN4O2. The van der Waals surface area contributed by atoms with E-state index in [0.29, 0.717) is 18.7 Å². The molecule has 0 unspecified atom stereocenters. The maximum atomic E-state index is 8.89. The minimum Gasteiger partial charge on any atom is -0.497 e. The van der Waals surface area contributed by atoms with E-state index in [9.17, 15) is 0 Å². The van der Waals surface area contributed by atoms with Gasteiger partial charge in [-0.3, -0.25) is 0 Å². The first-order valence-corrected chi connectivity index (χ1v) is 8.80. The van der Waals surface area contributed by atoms with Gasteiger partial charge in [0.25, 0.3) is 0 Å². The molecule has 1 N–H and O–H groups in total. The van der Waals surface area contributed by atoms with Gasteiger partial charge in [0, 0.05) is 31.8 Å². The zero-order valence-corrected chi connectivity index (χ0v) is 19.1. The molecule has 0 heterocycles. The molecule has 0 spiro atoms. The van der Waals surface area contributed by atoms with Crippen molar-refractivity contribution in [1.82, 2.24) is 10.2 Å². The number of aliphatic imine (C=N–C) groups is 1. The van der Waals surface area contributed by atoms with Crippen LogP contribution in [0.1, 0.15) is 23.6 Å². The van der Waals surface area contributed by atoms with Crippen LogP contribution in [0.2, 0.25) is 0 Å². The topological polar surface area (TPSA) is 69.9 Å². The molecule has 28 heavy (non-hydrogen) atoms. The number of benzene rings is 2. The molecule has 7 heteroatoms. The Bertz CT molecular complexity index is 816. The smallest absolute Gasteiger partial charge is 0.194 e. The number of nitriles is 1. The van der Waals surface area contributed by atoms with E-state index in [1.807, 2.05) is 56.4 Å². The quantitative estimate of drug-likeness (QED) is 0.361. The molecule has 0 bridgehead atoms. The van der Waals surface area contributed by atoms with Crippen LogP contribution in [0.15, 0.2) is 47.5 Å². The van der Waals surface area contributed by atoms with Crippen LogP contribution in [0.3, 0.4) is 0 Å². The number of hydrogen-bond acceptors (Lipinski definition) is 4. The molecule has 0 aliphatic rings. The standard InChI is InChI=1S/C21H26N4O2.HI/c1-5-23-21(24-14-17-8-6-16(13-22)7-9-17)25(2)15-18-10-11-19(26-3)12-20(18)27-4;/h6-12H,5,14-15H2,1-4H3,(H,23,24);1H. The highest BCUT2D eigenvalue weighted by Gasteiger charge is 2.11. The highest BCUT2D eigenvalue weighted by Crippen LogP contribution is 2.25. The number of methoxy groups -OCH3 is 2. The van der Waals surface area contributed by atoms with E-state index >= 15 is 0 Å². The van der Waals surface area contributed by atoms with Gasteiger partial charge < -0.3 is 19.7 Å². The number of hydrogen-bond donors (Lipinski definition) is 1. The second-order valence-corrected chi connectivity index (χ2v) is 6.01. The number of halogens is 1. The van der Waals surface area contributed by atoms with Gasteiger partial charge in [-0.15, -0.1) is 24.0 Å². The monoisotopic (exact) mass is 494 g/mol. The van der Waals surface area contributed by atoms with E-state index in [1.54, 1.807) is 14.2 Å². The molecule has 0 aromatic heterocycles. The van der Waals surface area contributed by atoms with E-state index < -0.39 is 0 Å². The average molecular weight is 494 g/mol. The fourth-order valence-corrected chi connectivity index (χ4v) is 2.63. The van der Waals surface area contributed by atoms with Crippen molar-refractivity contribution in [2.45, 2.75) is 20.0 Å². The van der Waals surface area contributed by atoms with Crippen LogP contribution in [0.5, 0.6) is 11.5 Å². The minimum atomic E-state index is 0. The second kappa shape index (κ2) is 12.1. The van der Waals surface area contributed by atoms with Crippen LogP contribution < -0.4 is 14.8 Å². The lowest BCUT2D eigenvalue weighted by molar-refractivity contribution is 0.382. The fraction of sp³-hybridized carbons (Fsp3) is 0.333. The molecule has 150 valence electrons. The lowest BCUT2D eigenvalue weighted by Gasteiger charge is -2.23. The first kappa shape index (κ1) is 23.6. The molecule has 0 amide bonds. The van der Waals surface area contributed by atoms with Crippen molar-refractivity contribution in [1.29, 1.82) is 5.26 Å². The van der Waals surface area contributed by atoms with Gasteiger partial charge in [0.1, 0.15) is 11.5 Å². The summed E-state index contributed by atoms with van der Waals surface area (Å²) in [4.78, 5) is 6.76. The number of nitrogens with zero attached hydrogens (tertiary/aromatic N) is 3. The van der Waals surface area contributed by atoms with Gasteiger partial charge in [-0.25, -0.2) is 4.99 Å². The van der Waals surface area contributed by atoms with Gasteiger partial charge >= 0.3 is 0 Å². The Morgan fingerprint density at radius 1 is 1.14 bits per heavy atom. The highest BCUT2D eigenvalue weighted by molar-refractivity contribution is 14.0. The maximum absolute atomic E-state index is 8.89. The van der Waals surface area contributed by atoms with Crippen molar-refractivity contribution in [2.75, 3.05) is 27.8 Å². The molecule has 0 fully saturated rings. The summed E-state index contributed by atoms with van der Waals surface area (Å²) in [6.07, 6.45) is 0. The summed E-state index contributed by atoms with van der Waals surface area (Å²) in [6, 6.07) is 15.4. The third-order valence-electron chi connectivity index (χ3n) is 4.09. The lowest BCUT2D eigenvalue weighted by atomic mass is 10.1. The van der Waals surface area contributed by atoms with Gasteiger partial charge in [0.05, 0.1) is 32.4 Å². The molecule has 2 rings (SSSR count). The van der Waals surface area contributed by atoms with Gasteiger partial charge in [-0.2, -0.15) is 5.26 Å². The van der Waals surface area contributed by atoms with Gasteiger partial charge in [-0.1, -0.05) is 12.1 Å². The Morgan fingerprint density at radius 3 is 2.43 bits per heavy atom. The normalized spacial score (nSPS) is 10.5. The first-order valence-electron chi connectivity index (χ1n) is 8.80. The van der Waals surface area contributed by atoms with Crippen molar-refractivity contribution in [3.8, 4) is 17.6 Å².